The van der Waals surface area contributed by atoms with E-state index in [4.69, 9.17) is 4.74 Å². The summed E-state index contributed by atoms with van der Waals surface area (Å²) in [4.78, 5) is 0.779. The minimum Gasteiger partial charge on any atom is -0.374 e. The molecule has 2 heterocycles. The van der Waals surface area contributed by atoms with Crippen LogP contribution >= 0.6 is 27.7 Å². The fourth-order valence-electron chi connectivity index (χ4n) is 4.10. The maximum absolute atomic E-state index is 6.17. The molecule has 1 spiro atoms. The van der Waals surface area contributed by atoms with Crippen molar-refractivity contribution in [3.8, 4) is 0 Å². The Morgan fingerprint density at radius 1 is 1.11 bits per heavy atom. The highest BCUT2D eigenvalue weighted by Crippen LogP contribution is 2.45. The first kappa shape index (κ1) is 13.8. The molecule has 4 unspecified atom stereocenters. The van der Waals surface area contributed by atoms with Crippen LogP contribution in [0.3, 0.4) is 0 Å². The second kappa shape index (κ2) is 6.05. The number of hydrogen-bond acceptors (Lipinski definition) is 2. The lowest BCUT2D eigenvalue weighted by Crippen LogP contribution is -2.42. The van der Waals surface area contributed by atoms with Crippen LogP contribution in [0, 0.1) is 11.8 Å². The lowest BCUT2D eigenvalue weighted by molar-refractivity contribution is -0.0900. The summed E-state index contributed by atoms with van der Waals surface area (Å²) in [7, 11) is 0. The fraction of sp³-hybridized carbons (Fsp3) is 1.00. The third kappa shape index (κ3) is 3.09. The number of hydrogen-bond donors (Lipinski definition) is 0. The lowest BCUT2D eigenvalue weighted by atomic mass is 9.75. The molecule has 18 heavy (non-hydrogen) atoms. The Labute approximate surface area is 124 Å². The van der Waals surface area contributed by atoms with Gasteiger partial charge in [-0.2, -0.15) is 11.8 Å². The van der Waals surface area contributed by atoms with Crippen molar-refractivity contribution in [2.24, 2.45) is 11.8 Å². The third-order valence-corrected chi connectivity index (χ3v) is 7.22. The Hall–Kier alpha value is 0.790. The highest BCUT2D eigenvalue weighted by molar-refractivity contribution is 9.09. The van der Waals surface area contributed by atoms with Crippen molar-refractivity contribution in [3.05, 3.63) is 0 Å². The van der Waals surface area contributed by atoms with Crippen molar-refractivity contribution in [2.75, 3.05) is 18.1 Å². The van der Waals surface area contributed by atoms with Gasteiger partial charge in [0.25, 0.3) is 0 Å². The number of rotatable bonds is 1. The summed E-state index contributed by atoms with van der Waals surface area (Å²) in [5.41, 5.74) is 0.279. The maximum Gasteiger partial charge on any atom is 0.0783 e. The Kier molecular flexibility index (Phi) is 4.62. The molecule has 2 saturated heterocycles. The molecule has 3 aliphatic rings. The van der Waals surface area contributed by atoms with Crippen molar-refractivity contribution in [1.82, 2.24) is 0 Å². The molecule has 0 radical (unpaired) electrons. The molecule has 0 aromatic carbocycles. The van der Waals surface area contributed by atoms with E-state index in [9.17, 15) is 0 Å². The van der Waals surface area contributed by atoms with Crippen LogP contribution in [-0.2, 0) is 4.74 Å². The molecule has 1 nitrogen and oxygen atoms in total. The summed E-state index contributed by atoms with van der Waals surface area (Å²) in [6, 6.07) is 0. The summed E-state index contributed by atoms with van der Waals surface area (Å²) in [5, 5.41) is 0. The van der Waals surface area contributed by atoms with E-state index in [-0.39, 0.29) is 5.60 Å². The maximum atomic E-state index is 6.17. The molecule has 4 atom stereocenters. The predicted octanol–water partition coefficient (Wildman–Crippen LogP) is 4.63. The summed E-state index contributed by atoms with van der Waals surface area (Å²) in [5.74, 6) is 4.48. The minimum absolute atomic E-state index is 0.279. The molecule has 1 saturated carbocycles. The normalized spacial score (nSPS) is 46.2. The van der Waals surface area contributed by atoms with Gasteiger partial charge in [0.05, 0.1) is 5.60 Å². The molecule has 0 N–H and O–H groups in total. The van der Waals surface area contributed by atoms with E-state index in [0.717, 1.165) is 23.3 Å². The Balaban J connectivity index is 1.63. The van der Waals surface area contributed by atoms with Crippen molar-refractivity contribution < 1.29 is 4.74 Å². The Morgan fingerprint density at radius 2 is 2.00 bits per heavy atom. The average Bonchev–Trinajstić information content (AvgIpc) is 2.69. The number of halogens is 1. The minimum atomic E-state index is 0.279. The highest BCUT2D eigenvalue weighted by atomic mass is 79.9. The second-order valence-electron chi connectivity index (χ2n) is 6.46. The van der Waals surface area contributed by atoms with Gasteiger partial charge in [-0.3, -0.25) is 0 Å². The molecule has 0 amide bonds. The Morgan fingerprint density at radius 3 is 2.83 bits per heavy atom. The highest BCUT2D eigenvalue weighted by Gasteiger charge is 2.42. The van der Waals surface area contributed by atoms with E-state index < -0.39 is 0 Å². The SMILES string of the molecule is BrC1CCCCC(C2CCOC3(CCSC3)C2)C1. The first-order valence-corrected chi connectivity index (χ1v) is 9.70. The van der Waals surface area contributed by atoms with Gasteiger partial charge in [0.2, 0.25) is 0 Å². The molecule has 3 heteroatoms. The van der Waals surface area contributed by atoms with Crippen LogP contribution < -0.4 is 0 Å². The number of thioether (sulfide) groups is 1. The van der Waals surface area contributed by atoms with Gasteiger partial charge in [-0.15, -0.1) is 0 Å². The van der Waals surface area contributed by atoms with Crippen LogP contribution in [0.2, 0.25) is 0 Å². The number of alkyl halides is 1. The molecule has 0 bridgehead atoms. The zero-order chi connectivity index (χ0) is 12.4. The molecule has 1 aliphatic carbocycles. The van der Waals surface area contributed by atoms with Gasteiger partial charge in [0.15, 0.2) is 0 Å². The molecule has 3 fully saturated rings. The molecular weight excluding hydrogens is 308 g/mol. The van der Waals surface area contributed by atoms with Gasteiger partial charge in [0, 0.05) is 17.2 Å². The van der Waals surface area contributed by atoms with Gasteiger partial charge in [-0.1, -0.05) is 35.2 Å². The molecule has 2 aliphatic heterocycles. The summed E-state index contributed by atoms with van der Waals surface area (Å²) in [6.07, 6.45) is 11.1. The third-order valence-electron chi connectivity index (χ3n) is 5.17. The van der Waals surface area contributed by atoms with Crippen molar-refractivity contribution >= 4 is 27.7 Å². The monoisotopic (exact) mass is 332 g/mol. The van der Waals surface area contributed by atoms with E-state index in [0.29, 0.717) is 0 Å². The van der Waals surface area contributed by atoms with E-state index >= 15 is 0 Å². The lowest BCUT2D eigenvalue weighted by Gasteiger charge is -2.41. The average molecular weight is 333 g/mol. The van der Waals surface area contributed by atoms with Crippen LogP contribution in [0.25, 0.3) is 0 Å². The fourth-order valence-corrected chi connectivity index (χ4v) is 6.28. The summed E-state index contributed by atoms with van der Waals surface area (Å²) in [6.45, 7) is 1.02. The van der Waals surface area contributed by atoms with Gasteiger partial charge in [0.1, 0.15) is 0 Å². The van der Waals surface area contributed by atoms with E-state index in [1.165, 1.54) is 62.9 Å². The first-order valence-electron chi connectivity index (χ1n) is 7.63. The quantitative estimate of drug-likeness (QED) is 0.511. The molecular formula is C15H25BrOS. The van der Waals surface area contributed by atoms with E-state index in [1.54, 1.807) is 0 Å². The summed E-state index contributed by atoms with van der Waals surface area (Å²) >= 11 is 5.98. The topological polar surface area (TPSA) is 9.23 Å². The molecule has 104 valence electrons. The number of ether oxygens (including phenoxy) is 1. The summed E-state index contributed by atoms with van der Waals surface area (Å²) < 4.78 is 6.17. The zero-order valence-corrected chi connectivity index (χ0v) is 13.6. The van der Waals surface area contributed by atoms with Gasteiger partial charge < -0.3 is 4.74 Å². The smallest absolute Gasteiger partial charge is 0.0783 e. The first-order chi connectivity index (χ1) is 8.77. The standard InChI is InChI=1S/C15H25BrOS/c16-14-4-2-1-3-12(9-14)13-5-7-17-15(10-13)6-8-18-11-15/h12-14H,1-11H2. The van der Waals surface area contributed by atoms with Gasteiger partial charge in [-0.05, 0) is 49.7 Å². The van der Waals surface area contributed by atoms with Crippen LogP contribution in [0.1, 0.15) is 51.4 Å². The predicted molar refractivity (Wildman–Crippen MR) is 82.6 cm³/mol. The van der Waals surface area contributed by atoms with E-state index in [1.807, 2.05) is 0 Å². The second-order valence-corrected chi connectivity index (χ2v) is 8.86. The van der Waals surface area contributed by atoms with Gasteiger partial charge in [-0.25, -0.2) is 0 Å². The van der Waals surface area contributed by atoms with E-state index in [2.05, 4.69) is 27.7 Å². The van der Waals surface area contributed by atoms with Gasteiger partial charge >= 0.3 is 0 Å². The molecule has 3 rings (SSSR count). The van der Waals surface area contributed by atoms with Crippen molar-refractivity contribution in [2.45, 2.75) is 61.8 Å². The van der Waals surface area contributed by atoms with Crippen LogP contribution in [-0.4, -0.2) is 28.5 Å². The largest absolute Gasteiger partial charge is 0.374 e. The molecule has 0 aromatic heterocycles. The Bertz CT molecular complexity index is 278. The zero-order valence-electron chi connectivity index (χ0n) is 11.2. The van der Waals surface area contributed by atoms with Crippen LogP contribution in [0.15, 0.2) is 0 Å². The van der Waals surface area contributed by atoms with Crippen LogP contribution in [0.4, 0.5) is 0 Å². The van der Waals surface area contributed by atoms with Crippen molar-refractivity contribution in [1.29, 1.82) is 0 Å². The van der Waals surface area contributed by atoms with Crippen molar-refractivity contribution in [3.63, 3.8) is 0 Å². The molecule has 0 aromatic rings. The van der Waals surface area contributed by atoms with Crippen LogP contribution in [0.5, 0.6) is 0 Å².